The highest BCUT2D eigenvalue weighted by molar-refractivity contribution is 5.22. The van der Waals surface area contributed by atoms with E-state index in [0.717, 1.165) is 19.3 Å². The predicted octanol–water partition coefficient (Wildman–Crippen LogP) is 3.40. The summed E-state index contributed by atoms with van der Waals surface area (Å²) in [6.07, 6.45) is 9.70. The Balaban J connectivity index is 1.76. The van der Waals surface area contributed by atoms with Crippen LogP contribution in [-0.4, -0.2) is 17.3 Å². The van der Waals surface area contributed by atoms with E-state index in [1.165, 1.54) is 37.9 Å². The molecule has 2 unspecified atom stereocenters. The van der Waals surface area contributed by atoms with Crippen LogP contribution >= 0.6 is 0 Å². The molecule has 0 amide bonds. The van der Waals surface area contributed by atoms with Gasteiger partial charge in [-0.2, -0.15) is 0 Å². The van der Waals surface area contributed by atoms with Crippen LogP contribution in [-0.2, 0) is 4.74 Å². The molecule has 0 aromatic carbocycles. The van der Waals surface area contributed by atoms with E-state index in [2.05, 4.69) is 6.92 Å². The third kappa shape index (κ3) is 2.01. The van der Waals surface area contributed by atoms with Gasteiger partial charge < -0.3 is 9.84 Å². The summed E-state index contributed by atoms with van der Waals surface area (Å²) in [6.45, 7) is 2.23. The van der Waals surface area contributed by atoms with Gasteiger partial charge in [-0.1, -0.05) is 13.3 Å². The largest absolute Gasteiger partial charge is 0.495 e. The molecule has 4 atom stereocenters. The molecule has 1 aliphatic heterocycles. The first-order valence-electron chi connectivity index (χ1n) is 7.36. The van der Waals surface area contributed by atoms with Gasteiger partial charge in [0, 0.05) is 6.42 Å². The number of hydrogen-bond donors (Lipinski definition) is 1. The van der Waals surface area contributed by atoms with Crippen LogP contribution in [0.4, 0.5) is 0 Å². The number of aliphatic hydroxyl groups excluding tert-OH is 1. The third-order valence-electron chi connectivity index (χ3n) is 4.95. The molecular weight excluding hydrogens is 212 g/mol. The highest BCUT2D eigenvalue weighted by atomic mass is 16.5. The predicted molar refractivity (Wildman–Crippen MR) is 67.5 cm³/mol. The summed E-state index contributed by atoms with van der Waals surface area (Å²) < 4.78 is 6.17. The van der Waals surface area contributed by atoms with E-state index < -0.39 is 0 Å². The first-order valence-corrected chi connectivity index (χ1v) is 7.36. The Morgan fingerprint density at radius 2 is 2.06 bits per heavy atom. The van der Waals surface area contributed by atoms with Gasteiger partial charge in [0.25, 0.3) is 0 Å². The van der Waals surface area contributed by atoms with Gasteiger partial charge in [0.15, 0.2) is 0 Å². The number of fused-ring (bicyclic) bond motifs is 2. The Bertz CT molecular complexity index is 321. The van der Waals surface area contributed by atoms with Crippen molar-refractivity contribution < 1.29 is 9.84 Å². The standard InChI is InChI=1S/C15H24O2/c1-2-3-10-4-5-13-11-6-8-14(16)12(11)7-9-15(13)17-10/h10-12,14,16H,2-9H2,1H3/t10?,11-,12+,14?/m1/s1. The van der Waals surface area contributed by atoms with Crippen LogP contribution in [0.5, 0.6) is 0 Å². The van der Waals surface area contributed by atoms with Crippen LogP contribution in [0.15, 0.2) is 11.3 Å². The third-order valence-corrected chi connectivity index (χ3v) is 4.95. The highest BCUT2D eigenvalue weighted by Crippen LogP contribution is 2.49. The first kappa shape index (κ1) is 11.6. The maximum absolute atomic E-state index is 9.99. The van der Waals surface area contributed by atoms with E-state index in [1.807, 2.05) is 0 Å². The monoisotopic (exact) mass is 236 g/mol. The van der Waals surface area contributed by atoms with Gasteiger partial charge in [-0.25, -0.2) is 0 Å². The van der Waals surface area contributed by atoms with Gasteiger partial charge >= 0.3 is 0 Å². The molecule has 1 heterocycles. The van der Waals surface area contributed by atoms with Gasteiger partial charge in [-0.05, 0) is 55.9 Å². The quantitative estimate of drug-likeness (QED) is 0.796. The fraction of sp³-hybridized carbons (Fsp3) is 0.867. The van der Waals surface area contributed by atoms with Crippen LogP contribution in [0.2, 0.25) is 0 Å². The SMILES string of the molecule is CCCC1CCC2=C(CC[C@@H]3C(O)CC[C@@H]23)O1. The van der Waals surface area contributed by atoms with Crippen molar-refractivity contribution in [2.45, 2.75) is 70.5 Å². The number of aliphatic hydroxyl groups is 1. The van der Waals surface area contributed by atoms with Crippen LogP contribution in [0.1, 0.15) is 58.3 Å². The van der Waals surface area contributed by atoms with Crippen LogP contribution < -0.4 is 0 Å². The van der Waals surface area contributed by atoms with Crippen molar-refractivity contribution in [3.8, 4) is 0 Å². The van der Waals surface area contributed by atoms with Crippen molar-refractivity contribution in [3.05, 3.63) is 11.3 Å². The molecular formula is C15H24O2. The van der Waals surface area contributed by atoms with Crippen molar-refractivity contribution in [3.63, 3.8) is 0 Å². The lowest BCUT2D eigenvalue weighted by molar-refractivity contribution is 0.0475. The summed E-state index contributed by atoms with van der Waals surface area (Å²) in [6, 6.07) is 0. The molecule has 1 saturated carbocycles. The first-order chi connectivity index (χ1) is 8.29. The minimum atomic E-state index is -0.0394. The molecule has 0 bridgehead atoms. The van der Waals surface area contributed by atoms with Gasteiger partial charge in [0.05, 0.1) is 18.0 Å². The summed E-state index contributed by atoms with van der Waals surface area (Å²) in [5.74, 6) is 2.50. The zero-order valence-corrected chi connectivity index (χ0v) is 10.8. The topological polar surface area (TPSA) is 29.5 Å². The average Bonchev–Trinajstić information content (AvgIpc) is 2.72. The molecule has 2 nitrogen and oxygen atoms in total. The molecule has 1 fully saturated rings. The molecule has 0 aromatic rings. The maximum Gasteiger partial charge on any atom is 0.0985 e. The van der Waals surface area contributed by atoms with Crippen LogP contribution in [0.25, 0.3) is 0 Å². The molecule has 96 valence electrons. The second-order valence-electron chi connectivity index (χ2n) is 5.97. The molecule has 0 radical (unpaired) electrons. The fourth-order valence-electron chi connectivity index (χ4n) is 4.10. The van der Waals surface area contributed by atoms with Crippen molar-refractivity contribution >= 4 is 0 Å². The summed E-state index contributed by atoms with van der Waals surface area (Å²) >= 11 is 0. The smallest absolute Gasteiger partial charge is 0.0985 e. The van der Waals surface area contributed by atoms with Crippen molar-refractivity contribution in [2.75, 3.05) is 0 Å². The van der Waals surface area contributed by atoms with Gasteiger partial charge in [-0.3, -0.25) is 0 Å². The van der Waals surface area contributed by atoms with Crippen LogP contribution in [0.3, 0.4) is 0 Å². The normalized spacial score (nSPS) is 40.8. The number of ether oxygens (including phenoxy) is 1. The number of rotatable bonds is 2. The summed E-state index contributed by atoms with van der Waals surface area (Å²) in [5.41, 5.74) is 1.57. The molecule has 3 rings (SSSR count). The zero-order chi connectivity index (χ0) is 11.8. The van der Waals surface area contributed by atoms with E-state index in [-0.39, 0.29) is 6.10 Å². The lowest BCUT2D eigenvalue weighted by atomic mass is 9.76. The van der Waals surface area contributed by atoms with E-state index in [1.54, 1.807) is 5.57 Å². The average molecular weight is 236 g/mol. The number of hydrogen-bond acceptors (Lipinski definition) is 2. The molecule has 2 heteroatoms. The second kappa shape index (κ2) is 4.64. The Morgan fingerprint density at radius 1 is 1.18 bits per heavy atom. The number of allylic oxidation sites excluding steroid dienone is 2. The van der Waals surface area contributed by atoms with Crippen molar-refractivity contribution in [1.82, 2.24) is 0 Å². The molecule has 1 N–H and O–H groups in total. The Labute approximate surface area is 104 Å². The van der Waals surface area contributed by atoms with Crippen molar-refractivity contribution in [2.24, 2.45) is 11.8 Å². The molecule has 0 aromatic heterocycles. The van der Waals surface area contributed by atoms with Gasteiger partial charge in [0.1, 0.15) is 0 Å². The molecule has 0 saturated heterocycles. The summed E-state index contributed by atoms with van der Waals surface area (Å²) in [7, 11) is 0. The van der Waals surface area contributed by atoms with E-state index in [0.29, 0.717) is 17.9 Å². The Hall–Kier alpha value is -0.500. The Kier molecular flexibility index (Phi) is 3.16. The van der Waals surface area contributed by atoms with Crippen LogP contribution in [0, 0.1) is 11.8 Å². The fourth-order valence-corrected chi connectivity index (χ4v) is 4.10. The van der Waals surface area contributed by atoms with Gasteiger partial charge in [0.2, 0.25) is 0 Å². The van der Waals surface area contributed by atoms with E-state index in [9.17, 15) is 5.11 Å². The molecule has 0 spiro atoms. The summed E-state index contributed by atoms with van der Waals surface area (Å²) in [4.78, 5) is 0. The minimum Gasteiger partial charge on any atom is -0.495 e. The lowest BCUT2D eigenvalue weighted by Crippen LogP contribution is -2.30. The lowest BCUT2D eigenvalue weighted by Gasteiger charge is -2.37. The zero-order valence-electron chi connectivity index (χ0n) is 10.8. The van der Waals surface area contributed by atoms with Crippen molar-refractivity contribution in [1.29, 1.82) is 0 Å². The Morgan fingerprint density at radius 3 is 2.88 bits per heavy atom. The highest BCUT2D eigenvalue weighted by Gasteiger charge is 2.42. The molecule has 17 heavy (non-hydrogen) atoms. The molecule has 3 aliphatic rings. The minimum absolute atomic E-state index is 0.0394. The molecule has 2 aliphatic carbocycles. The van der Waals surface area contributed by atoms with Gasteiger partial charge in [-0.15, -0.1) is 0 Å². The van der Waals surface area contributed by atoms with E-state index in [4.69, 9.17) is 4.74 Å². The van der Waals surface area contributed by atoms with E-state index >= 15 is 0 Å². The maximum atomic E-state index is 9.99. The second-order valence-corrected chi connectivity index (χ2v) is 5.97. The summed E-state index contributed by atoms with van der Waals surface area (Å²) in [5, 5.41) is 9.99.